The summed E-state index contributed by atoms with van der Waals surface area (Å²) in [5.41, 5.74) is -2.67. The van der Waals surface area contributed by atoms with Crippen LogP contribution in [-0.4, -0.2) is 109 Å². The Morgan fingerprint density at radius 3 is 2.44 bits per heavy atom. The average Bonchev–Trinajstić information content (AvgIpc) is 4.19. The van der Waals surface area contributed by atoms with Crippen LogP contribution in [0.1, 0.15) is 79.6 Å². The number of hydrogen-bond donors (Lipinski definition) is 3. The van der Waals surface area contributed by atoms with E-state index in [1.54, 1.807) is 32.2 Å². The smallest absolute Gasteiger partial charge is 0.408 e. The van der Waals surface area contributed by atoms with Crippen molar-refractivity contribution in [3.05, 3.63) is 54.6 Å². The number of allylic oxidation sites excluding steroid dienone is 1. The van der Waals surface area contributed by atoms with Crippen LogP contribution in [0.15, 0.2) is 54.6 Å². The monoisotopic (exact) mass is 937 g/mol. The van der Waals surface area contributed by atoms with Gasteiger partial charge in [-0.25, -0.2) is 27.0 Å². The van der Waals surface area contributed by atoms with Gasteiger partial charge in [0.2, 0.25) is 27.7 Å². The SMILES string of the molecule is COc1ccc2c(O[C@@H]3C[C@H]4C(=O)N[C@]5(C(=O)NS(=O)(=O)C6CC6)C[C@H]5/C=C\CC[C@@H](C)C[C@@H](C)[C@H](NC(=O)OC(C)(C)C(C)(F)F)C(=O)N4C3)nc(-c3ccc4c(c3)OCCO4)cc2c1. The molecule has 0 spiro atoms. The molecular weight excluding hydrogens is 881 g/mol. The molecule has 4 amide bonds. The van der Waals surface area contributed by atoms with Crippen molar-refractivity contribution in [2.45, 2.75) is 120 Å². The standard InChI is InChI=1S/C47H57F2N5O11S/c1-26-9-7-8-10-30-24-47(30,43(57)53-66(59,60)33-13-14-33)52-40(55)36-23-32(25-54(36)42(56)39(27(2)19-26)51-44(58)65-45(3,4)46(5,48)49)64-41-34-15-12-31(61-6)20-29(34)21-35(50-41)28-11-16-37-38(22-28)63-18-17-62-37/h8,10-12,15-16,20-22,26-27,30,32-33,36,39H,7,9,13-14,17-19,23-25H2,1-6H3,(H,51,58)(H,52,55)(H,53,57)/b10-8-/t26-,27-,30-,32-,36+,39+,47-/m1/s1. The molecule has 3 fully saturated rings. The number of amides is 4. The second-order valence-corrected chi connectivity index (χ2v) is 20.9. The number of carbonyl (C=O) groups excluding carboxylic acids is 4. The fourth-order valence-electron chi connectivity index (χ4n) is 8.90. The number of carbonyl (C=O) groups is 4. The third kappa shape index (κ3) is 9.72. The van der Waals surface area contributed by atoms with Crippen LogP contribution in [0.4, 0.5) is 13.6 Å². The van der Waals surface area contributed by atoms with Gasteiger partial charge in [0.25, 0.3) is 11.8 Å². The van der Waals surface area contributed by atoms with Crippen molar-refractivity contribution in [3.63, 3.8) is 0 Å². The average molecular weight is 938 g/mol. The number of hydrogen-bond acceptors (Lipinski definition) is 12. The van der Waals surface area contributed by atoms with Crippen LogP contribution in [0.5, 0.6) is 23.1 Å². The van der Waals surface area contributed by atoms with E-state index in [9.17, 15) is 31.6 Å². The van der Waals surface area contributed by atoms with E-state index < -0.39 is 86.2 Å². The minimum atomic E-state index is -3.99. The van der Waals surface area contributed by atoms with Gasteiger partial charge >= 0.3 is 6.09 Å². The third-order valence-corrected chi connectivity index (χ3v) is 15.2. The molecule has 4 heterocycles. The second-order valence-electron chi connectivity index (χ2n) is 18.9. The minimum absolute atomic E-state index is 0.0000621. The molecule has 1 aromatic heterocycles. The number of nitrogens with zero attached hydrogens (tertiary/aromatic N) is 2. The van der Waals surface area contributed by atoms with Crippen LogP contribution in [0.2, 0.25) is 0 Å². The Hall–Kier alpha value is -5.72. The van der Waals surface area contributed by atoms with Crippen LogP contribution in [0.3, 0.4) is 0 Å². The number of rotatable bonds is 10. The predicted molar refractivity (Wildman–Crippen MR) is 238 cm³/mol. The lowest BCUT2D eigenvalue weighted by molar-refractivity contribution is -0.152. The maximum absolute atomic E-state index is 15.1. The first-order chi connectivity index (χ1) is 31.2. The number of nitrogens with one attached hydrogen (secondary N) is 3. The quantitative estimate of drug-likeness (QED) is 0.199. The van der Waals surface area contributed by atoms with Gasteiger partial charge in [0.1, 0.15) is 42.7 Å². The van der Waals surface area contributed by atoms with Gasteiger partial charge in [0, 0.05) is 30.2 Å². The molecule has 7 atom stereocenters. The summed E-state index contributed by atoms with van der Waals surface area (Å²) in [5.74, 6) is -4.98. The van der Waals surface area contributed by atoms with Gasteiger partial charge in [-0.3, -0.25) is 19.1 Å². The zero-order chi connectivity index (χ0) is 47.3. The van der Waals surface area contributed by atoms with E-state index in [-0.39, 0.29) is 31.2 Å². The first-order valence-electron chi connectivity index (χ1n) is 22.5. The minimum Gasteiger partial charge on any atom is -0.497 e. The number of aromatic nitrogens is 1. The van der Waals surface area contributed by atoms with Gasteiger partial charge in [-0.1, -0.05) is 26.0 Å². The number of ether oxygens (including phenoxy) is 5. The largest absolute Gasteiger partial charge is 0.497 e. The lowest BCUT2D eigenvalue weighted by Gasteiger charge is -2.35. The predicted octanol–water partition coefficient (Wildman–Crippen LogP) is 6.05. The number of alkyl carbamates (subject to hydrolysis) is 1. The summed E-state index contributed by atoms with van der Waals surface area (Å²) >= 11 is 0. The van der Waals surface area contributed by atoms with E-state index >= 15 is 4.79 Å². The summed E-state index contributed by atoms with van der Waals surface area (Å²) in [6.07, 6.45) is 4.05. The highest BCUT2D eigenvalue weighted by Crippen LogP contribution is 2.46. The van der Waals surface area contributed by atoms with Gasteiger partial charge < -0.3 is 39.2 Å². The number of pyridine rings is 1. The van der Waals surface area contributed by atoms with Crippen molar-refractivity contribution in [2.24, 2.45) is 17.8 Å². The molecule has 356 valence electrons. The molecule has 3 N–H and O–H groups in total. The van der Waals surface area contributed by atoms with Gasteiger partial charge in [-0.05, 0) is 112 Å². The molecule has 2 aromatic carbocycles. The maximum atomic E-state index is 15.1. The van der Waals surface area contributed by atoms with E-state index in [1.807, 2.05) is 43.3 Å². The van der Waals surface area contributed by atoms with Crippen LogP contribution in [0.25, 0.3) is 22.0 Å². The summed E-state index contributed by atoms with van der Waals surface area (Å²) < 4.78 is 86.4. The molecule has 2 saturated carbocycles. The van der Waals surface area contributed by atoms with Crippen LogP contribution >= 0.6 is 0 Å². The van der Waals surface area contributed by atoms with E-state index in [0.29, 0.717) is 91.5 Å². The molecule has 16 nitrogen and oxygen atoms in total. The molecule has 2 aliphatic carbocycles. The van der Waals surface area contributed by atoms with Gasteiger partial charge in [-0.2, -0.15) is 0 Å². The molecule has 0 bridgehead atoms. The number of alkyl halides is 2. The Labute approximate surface area is 382 Å². The van der Waals surface area contributed by atoms with Crippen LogP contribution in [-0.2, 0) is 29.1 Å². The second kappa shape index (κ2) is 17.8. The normalized spacial score (nSPS) is 27.5. The Morgan fingerprint density at radius 1 is 0.985 bits per heavy atom. The molecule has 3 aliphatic heterocycles. The summed E-state index contributed by atoms with van der Waals surface area (Å²) in [7, 11) is -2.44. The first kappa shape index (κ1) is 46.8. The van der Waals surface area contributed by atoms with Gasteiger partial charge in [0.15, 0.2) is 17.1 Å². The third-order valence-electron chi connectivity index (χ3n) is 13.4. The van der Waals surface area contributed by atoms with Gasteiger partial charge in [-0.15, -0.1) is 0 Å². The summed E-state index contributed by atoms with van der Waals surface area (Å²) in [6, 6.07) is 10.0. The molecule has 0 unspecified atom stereocenters. The highest BCUT2D eigenvalue weighted by Gasteiger charge is 2.62. The van der Waals surface area contributed by atoms with Crippen molar-refractivity contribution in [3.8, 4) is 34.4 Å². The fourth-order valence-corrected chi connectivity index (χ4v) is 10.3. The van der Waals surface area contributed by atoms with E-state index in [4.69, 9.17) is 28.7 Å². The van der Waals surface area contributed by atoms with E-state index in [2.05, 4.69) is 15.4 Å². The Morgan fingerprint density at radius 2 is 1.73 bits per heavy atom. The summed E-state index contributed by atoms with van der Waals surface area (Å²) in [6.45, 7) is 7.10. The molecule has 19 heteroatoms. The highest BCUT2D eigenvalue weighted by molar-refractivity contribution is 7.91. The lowest BCUT2D eigenvalue weighted by atomic mass is 9.88. The molecular formula is C47H57F2N5O11S. The van der Waals surface area contributed by atoms with Crippen molar-refractivity contribution in [1.29, 1.82) is 0 Å². The first-order valence-corrected chi connectivity index (χ1v) is 24.0. The fraction of sp³-hybridized carbons (Fsp3) is 0.553. The zero-order valence-electron chi connectivity index (χ0n) is 37.9. The molecule has 3 aromatic rings. The molecule has 66 heavy (non-hydrogen) atoms. The number of sulfonamides is 1. The van der Waals surface area contributed by atoms with Gasteiger partial charge in [0.05, 0.1) is 24.6 Å². The van der Waals surface area contributed by atoms with Crippen molar-refractivity contribution in [1.82, 2.24) is 25.2 Å². The van der Waals surface area contributed by atoms with E-state index in [1.165, 1.54) is 4.90 Å². The van der Waals surface area contributed by atoms with E-state index in [0.717, 1.165) is 13.8 Å². The zero-order valence-corrected chi connectivity index (χ0v) is 38.7. The Kier molecular flexibility index (Phi) is 12.6. The number of methoxy groups -OCH3 is 1. The number of fused-ring (bicyclic) bond motifs is 4. The number of halogens is 2. The highest BCUT2D eigenvalue weighted by atomic mass is 32.2. The topological polar surface area (TPSA) is 201 Å². The molecule has 5 aliphatic rings. The molecule has 0 radical (unpaired) electrons. The Bertz CT molecular complexity index is 2550. The van der Waals surface area contributed by atoms with Crippen LogP contribution in [0, 0.1) is 17.8 Å². The molecule has 1 saturated heterocycles. The maximum Gasteiger partial charge on any atom is 0.408 e. The molecule has 8 rings (SSSR count). The van der Waals surface area contributed by atoms with Crippen molar-refractivity contribution < 1.29 is 60.1 Å². The Balaban J connectivity index is 1.16. The van der Waals surface area contributed by atoms with Crippen molar-refractivity contribution >= 4 is 44.6 Å². The number of benzene rings is 2. The summed E-state index contributed by atoms with van der Waals surface area (Å²) in [5, 5.41) is 6.03. The van der Waals surface area contributed by atoms with Crippen molar-refractivity contribution in [2.75, 3.05) is 26.9 Å². The lowest BCUT2D eigenvalue weighted by Crippen LogP contribution is -2.59. The van der Waals surface area contributed by atoms with Crippen LogP contribution < -0.4 is 34.3 Å². The summed E-state index contributed by atoms with van der Waals surface area (Å²) in [4.78, 5) is 63.5.